The average Bonchev–Trinajstić information content (AvgIpc) is 1.61. The van der Waals surface area contributed by atoms with Crippen LogP contribution in [0.2, 0.25) is 0 Å². The van der Waals surface area contributed by atoms with E-state index in [1.807, 2.05) is 30.3 Å². The van der Waals surface area contributed by atoms with Gasteiger partial charge in [0, 0.05) is 55.6 Å². The molecular formula is C133H176O10. The molecule has 10 heteroatoms. The molecule has 0 radical (unpaired) electrons. The first-order valence-electron chi connectivity index (χ1n) is 53.4. The van der Waals surface area contributed by atoms with Crippen LogP contribution < -0.4 is 23.7 Å². The number of fused-ring (bicyclic) bond motifs is 5. The third-order valence-corrected chi connectivity index (χ3v) is 29.8. The van der Waals surface area contributed by atoms with E-state index in [2.05, 4.69) is 416 Å². The molecule has 143 heavy (non-hydrogen) atoms. The fourth-order valence-corrected chi connectivity index (χ4v) is 20.0. The second kappa shape index (κ2) is 42.9. The van der Waals surface area contributed by atoms with E-state index in [-0.39, 0.29) is 119 Å². The van der Waals surface area contributed by atoms with E-state index in [0.717, 1.165) is 119 Å². The largest absolute Gasteiger partial charge is 0.425 e. The molecule has 768 valence electrons. The van der Waals surface area contributed by atoms with Crippen molar-refractivity contribution in [2.75, 3.05) is 0 Å². The van der Waals surface area contributed by atoms with Gasteiger partial charge in [0.25, 0.3) is 0 Å². The number of ether oxygens (including phenoxy) is 5. The molecule has 10 aromatic rings. The molecule has 0 amide bonds. The summed E-state index contributed by atoms with van der Waals surface area (Å²) in [5, 5.41) is 0. The highest BCUT2D eigenvalue weighted by Gasteiger charge is 2.47. The number of esters is 5. The SMILES string of the molecule is CC(C)(C)c1cc2c(c(C(C)(C)C)c1)OC(=O)C2c1ccccc1.CC(C)(C)c1ccc(C2C(=O)Oc3c2cc(C(C)(C)C)cc3C(C)(C)C)cc1.CC(C)c1ccc(C2C(=O)Oc3c2cc(C(C)(C)C)cc3C(C)(C)C)cc1.CCCCCCCCCCCCc1ccc(C2C(=O)Oc3c2cc(C(C)(C)C)cc3C(C)(C)C)c(C)c1.Cc1ccc(C2C(=O)Oc3c2cc(C(C)(C)C)cc3C(C)(C)C)c(C)c1C. The zero-order valence-electron chi connectivity index (χ0n) is 95.5. The van der Waals surface area contributed by atoms with Crippen molar-refractivity contribution < 1.29 is 47.7 Å². The standard InChI is InChI=1S/C35H52O2.C26H34O2.2C25H32O2.C22H26O2/c1-9-10-11-12-13-14-15-16-17-18-19-26-20-21-28(25(2)22-26)31-29-23-27(34(3,4)5)24-30(35(6,7)8)32(29)37-33(31)36;1-24(2,3)17-12-10-16(11-13-17)21-19-14-18(25(4,5)6)15-20(26(7,8)9)22(19)28-23(21)27;1-14-10-11-18(16(3)15(14)2)21-19-12-17(24(4,5)6)13-20(25(7,8)9)22(19)27-23(21)26;1-15(2)16-9-11-17(12-10-16)21-19-13-18(24(3,4)5)14-20(25(6,7)8)22(19)27-23(21)26;1-21(2,3)15-12-16-18(14-10-8-7-9-11-14)20(23)24-19(16)17(13-15)22(4,5)6/h20-24,31H,9-19H2,1-8H3;10-15,21H,1-9H3;10-13,21H,1-9H3;9-15,21H,1-8H3;7-13,18H,1-6H3. The molecule has 5 heterocycles. The Labute approximate surface area is 863 Å². The molecule has 0 saturated heterocycles. The minimum atomic E-state index is -0.354. The topological polar surface area (TPSA) is 132 Å². The van der Waals surface area contributed by atoms with Gasteiger partial charge >= 0.3 is 29.8 Å². The van der Waals surface area contributed by atoms with Gasteiger partial charge in [0.2, 0.25) is 0 Å². The third kappa shape index (κ3) is 26.3. The lowest BCUT2D eigenvalue weighted by molar-refractivity contribution is -0.134. The molecular weight excluding hydrogens is 1760 g/mol. The predicted octanol–water partition coefficient (Wildman–Crippen LogP) is 34.8. The van der Waals surface area contributed by atoms with Crippen LogP contribution in [0.25, 0.3) is 0 Å². The van der Waals surface area contributed by atoms with Gasteiger partial charge < -0.3 is 23.7 Å². The summed E-state index contributed by atoms with van der Waals surface area (Å²) < 4.78 is 29.3. The summed E-state index contributed by atoms with van der Waals surface area (Å²) in [7, 11) is 0. The summed E-state index contributed by atoms with van der Waals surface area (Å²) in [4.78, 5) is 64.7. The minimum Gasteiger partial charge on any atom is -0.425 e. The number of unbranched alkanes of at least 4 members (excludes halogenated alkanes) is 9. The molecule has 10 nitrogen and oxygen atoms in total. The normalized spacial score (nSPS) is 16.9. The Hall–Kier alpha value is -10.5. The van der Waals surface area contributed by atoms with Gasteiger partial charge in [0.05, 0.1) is 0 Å². The lowest BCUT2D eigenvalue weighted by atomic mass is 9.76. The van der Waals surface area contributed by atoms with Crippen molar-refractivity contribution in [2.24, 2.45) is 0 Å². The van der Waals surface area contributed by atoms with Crippen LogP contribution in [-0.4, -0.2) is 29.8 Å². The van der Waals surface area contributed by atoms with E-state index < -0.39 is 0 Å². The van der Waals surface area contributed by atoms with Crippen LogP contribution in [0.3, 0.4) is 0 Å². The van der Waals surface area contributed by atoms with Crippen molar-refractivity contribution in [3.63, 3.8) is 0 Å². The third-order valence-electron chi connectivity index (χ3n) is 29.8. The van der Waals surface area contributed by atoms with Crippen LogP contribution in [0.1, 0.15) is 499 Å². The Morgan fingerprint density at radius 1 is 0.238 bits per heavy atom. The maximum absolute atomic E-state index is 13.3. The number of carbonyl (C=O) groups excluding carboxylic acids is 5. The summed E-state index contributed by atoms with van der Waals surface area (Å²) in [5.74, 6) is 1.78. The van der Waals surface area contributed by atoms with E-state index in [1.165, 1.54) is 131 Å². The maximum atomic E-state index is 13.3. The van der Waals surface area contributed by atoms with E-state index in [4.69, 9.17) is 23.7 Å². The highest BCUT2D eigenvalue weighted by molar-refractivity contribution is 5.95. The molecule has 15 rings (SSSR count). The zero-order chi connectivity index (χ0) is 106. The molecule has 0 spiro atoms. The second-order valence-corrected chi connectivity index (χ2v) is 53.4. The molecule has 5 unspecified atom stereocenters. The average molecular weight is 1930 g/mol. The molecule has 5 aliphatic heterocycles. The lowest BCUT2D eigenvalue weighted by Crippen LogP contribution is -2.17. The fourth-order valence-electron chi connectivity index (χ4n) is 20.0. The Bertz CT molecular complexity index is 6280. The quantitative estimate of drug-likeness (QED) is 0.0493. The van der Waals surface area contributed by atoms with Crippen LogP contribution in [0.15, 0.2) is 170 Å². The molecule has 0 saturated carbocycles. The lowest BCUT2D eigenvalue weighted by Gasteiger charge is -2.27. The smallest absolute Gasteiger partial charge is 0.323 e. The van der Waals surface area contributed by atoms with Gasteiger partial charge in [-0.15, -0.1) is 0 Å². The van der Waals surface area contributed by atoms with Crippen LogP contribution in [0, 0.1) is 27.7 Å². The molecule has 0 N–H and O–H groups in total. The molecule has 10 aromatic carbocycles. The van der Waals surface area contributed by atoms with Gasteiger partial charge in [0.15, 0.2) is 0 Å². The van der Waals surface area contributed by atoms with Crippen molar-refractivity contribution in [3.05, 3.63) is 320 Å². The van der Waals surface area contributed by atoms with Crippen molar-refractivity contribution >= 4 is 29.8 Å². The van der Waals surface area contributed by atoms with Gasteiger partial charge in [-0.3, -0.25) is 24.0 Å². The predicted molar refractivity (Wildman–Crippen MR) is 596 cm³/mol. The van der Waals surface area contributed by atoms with Crippen molar-refractivity contribution in [2.45, 2.75) is 443 Å². The Kier molecular flexibility index (Phi) is 33.9. The monoisotopic (exact) mass is 1930 g/mol. The molecule has 0 aliphatic carbocycles. The van der Waals surface area contributed by atoms with Gasteiger partial charge in [-0.25, -0.2) is 0 Å². The highest BCUT2D eigenvalue weighted by Crippen LogP contribution is 2.55. The molecule has 0 aromatic heterocycles. The van der Waals surface area contributed by atoms with Crippen molar-refractivity contribution in [3.8, 4) is 28.7 Å². The summed E-state index contributed by atoms with van der Waals surface area (Å²) in [6, 6.07) is 59.7. The van der Waals surface area contributed by atoms with Gasteiger partial charge in [-0.05, 0) is 201 Å². The van der Waals surface area contributed by atoms with Crippen LogP contribution in [-0.2, 0) is 90.0 Å². The van der Waals surface area contributed by atoms with E-state index in [0.29, 0.717) is 5.92 Å². The number of rotatable bonds is 17. The van der Waals surface area contributed by atoms with Crippen LogP contribution in [0.5, 0.6) is 28.7 Å². The molecule has 0 bridgehead atoms. The summed E-state index contributed by atoms with van der Waals surface area (Å²) in [5.41, 5.74) is 30.5. The van der Waals surface area contributed by atoms with E-state index in [1.54, 1.807) is 0 Å². The van der Waals surface area contributed by atoms with Gasteiger partial charge in [-0.1, -0.05) is 477 Å². The van der Waals surface area contributed by atoms with E-state index in [9.17, 15) is 24.0 Å². The van der Waals surface area contributed by atoms with Crippen LogP contribution >= 0.6 is 0 Å². The zero-order valence-corrected chi connectivity index (χ0v) is 95.5. The van der Waals surface area contributed by atoms with Crippen LogP contribution in [0.4, 0.5) is 0 Å². The first kappa shape index (κ1) is 113. The molecule has 0 fully saturated rings. The van der Waals surface area contributed by atoms with Crippen molar-refractivity contribution in [1.82, 2.24) is 0 Å². The first-order valence-corrected chi connectivity index (χ1v) is 53.4. The highest BCUT2D eigenvalue weighted by atomic mass is 16.6. The Morgan fingerprint density at radius 3 is 0.790 bits per heavy atom. The Balaban J connectivity index is 0.000000172. The number of hydrogen-bond donors (Lipinski definition) is 0. The summed E-state index contributed by atoms with van der Waals surface area (Å²) in [6.45, 7) is 87.7. The molecule has 5 atom stereocenters. The number of aryl methyl sites for hydroxylation is 3. The number of carbonyl (C=O) groups is 5. The number of benzene rings is 10. The van der Waals surface area contributed by atoms with Crippen molar-refractivity contribution in [1.29, 1.82) is 0 Å². The first-order chi connectivity index (χ1) is 65.9. The second-order valence-electron chi connectivity index (χ2n) is 53.4. The van der Waals surface area contributed by atoms with Gasteiger partial charge in [0.1, 0.15) is 58.3 Å². The summed E-state index contributed by atoms with van der Waals surface area (Å²) >= 11 is 0. The summed E-state index contributed by atoms with van der Waals surface area (Å²) in [6.07, 6.45) is 14.7. The number of hydrogen-bond acceptors (Lipinski definition) is 10. The van der Waals surface area contributed by atoms with Gasteiger partial charge in [-0.2, -0.15) is 0 Å². The Morgan fingerprint density at radius 2 is 0.503 bits per heavy atom. The minimum absolute atomic E-state index is 0.000821. The van der Waals surface area contributed by atoms with E-state index >= 15 is 0 Å². The maximum Gasteiger partial charge on any atom is 0.323 e. The molecule has 5 aliphatic rings. The fraction of sp³-hybridized carbons (Fsp3) is 0.511.